The molecular weight excluding hydrogens is 482 g/mol. The molecule has 2 atom stereocenters. The van der Waals surface area contributed by atoms with Gasteiger partial charge < -0.3 is 20.7 Å². The second kappa shape index (κ2) is 13.6. The van der Waals surface area contributed by atoms with Gasteiger partial charge in [0.05, 0.1) is 19.2 Å². The van der Waals surface area contributed by atoms with Crippen LogP contribution in [-0.4, -0.2) is 59.4 Å². The van der Waals surface area contributed by atoms with Crippen LogP contribution in [0.1, 0.15) is 70.3 Å². The number of anilines is 1. The van der Waals surface area contributed by atoms with Gasteiger partial charge in [-0.15, -0.1) is 0 Å². The van der Waals surface area contributed by atoms with Gasteiger partial charge in [0.2, 0.25) is 11.8 Å². The highest BCUT2D eigenvalue weighted by atomic mass is 16.5. The summed E-state index contributed by atoms with van der Waals surface area (Å²) in [6.45, 7) is 3.22. The number of carbonyl (C=O) groups excluding carboxylic acids is 3. The number of esters is 1. The highest BCUT2D eigenvalue weighted by Gasteiger charge is 2.38. The number of nitrogens with zero attached hydrogens (tertiary/aromatic N) is 2. The van der Waals surface area contributed by atoms with Crippen LogP contribution in [-0.2, 0) is 25.7 Å². The van der Waals surface area contributed by atoms with Crippen molar-refractivity contribution in [2.24, 2.45) is 5.92 Å². The molecule has 2 amide bonds. The molecular formula is C29H41N5O4. The summed E-state index contributed by atoms with van der Waals surface area (Å²) >= 11 is 0. The Morgan fingerprint density at radius 1 is 1.13 bits per heavy atom. The van der Waals surface area contributed by atoms with Crippen LogP contribution in [0.5, 0.6) is 0 Å². The van der Waals surface area contributed by atoms with E-state index in [1.807, 2.05) is 31.2 Å². The predicted molar refractivity (Wildman–Crippen MR) is 147 cm³/mol. The molecule has 2 aliphatic rings. The average Bonchev–Trinajstić information content (AvgIpc) is 3.43. The minimum Gasteiger partial charge on any atom is -0.465 e. The largest absolute Gasteiger partial charge is 0.465 e. The van der Waals surface area contributed by atoms with Gasteiger partial charge in [-0.3, -0.25) is 19.7 Å². The number of ether oxygens (including phenoxy) is 1. The molecule has 1 aromatic carbocycles. The summed E-state index contributed by atoms with van der Waals surface area (Å²) in [7, 11) is 0. The highest BCUT2D eigenvalue weighted by Crippen LogP contribution is 2.29. The fraction of sp³-hybridized carbons (Fsp3) is 0.586. The number of amides is 2. The summed E-state index contributed by atoms with van der Waals surface area (Å²) < 4.78 is 5.20. The molecule has 0 unspecified atom stereocenters. The Morgan fingerprint density at radius 3 is 2.74 bits per heavy atom. The minimum atomic E-state index is -0.509. The van der Waals surface area contributed by atoms with Crippen molar-refractivity contribution < 1.29 is 19.1 Å². The third-order valence-corrected chi connectivity index (χ3v) is 7.72. The number of likely N-dealkylation sites (tertiary alicyclic amines) is 1. The molecule has 1 aliphatic carbocycles. The zero-order valence-corrected chi connectivity index (χ0v) is 22.4. The van der Waals surface area contributed by atoms with Crippen molar-refractivity contribution in [1.29, 1.82) is 0 Å². The summed E-state index contributed by atoms with van der Waals surface area (Å²) in [6.07, 6.45) is 10.3. The van der Waals surface area contributed by atoms with Crippen LogP contribution in [0, 0.1) is 5.92 Å². The van der Waals surface area contributed by atoms with Gasteiger partial charge in [0, 0.05) is 24.7 Å². The van der Waals surface area contributed by atoms with Crippen LogP contribution < -0.4 is 16.4 Å². The van der Waals surface area contributed by atoms with Crippen molar-refractivity contribution in [1.82, 2.24) is 20.5 Å². The van der Waals surface area contributed by atoms with Gasteiger partial charge in [-0.1, -0.05) is 51.2 Å². The number of benzene rings is 1. The molecule has 1 aliphatic heterocycles. The topological polar surface area (TPSA) is 127 Å². The highest BCUT2D eigenvalue weighted by molar-refractivity contribution is 5.92. The molecule has 4 rings (SSSR count). The predicted octanol–water partition coefficient (Wildman–Crippen LogP) is 3.31. The number of carbonyl (C=O) groups is 3. The lowest BCUT2D eigenvalue weighted by atomic mass is 9.84. The molecule has 1 saturated heterocycles. The molecule has 1 aromatic heterocycles. The molecule has 2 fully saturated rings. The number of hydrogen-bond acceptors (Lipinski definition) is 7. The fourth-order valence-corrected chi connectivity index (χ4v) is 5.67. The van der Waals surface area contributed by atoms with E-state index in [0.29, 0.717) is 44.3 Å². The van der Waals surface area contributed by atoms with Crippen LogP contribution in [0.25, 0.3) is 10.8 Å². The van der Waals surface area contributed by atoms with Crippen molar-refractivity contribution in [3.8, 4) is 0 Å². The standard InChI is InChI=1S/C29H41N5O4/c1-2-15-38-26(35)19-32-24(17-20-7-4-3-5-8-20)29(37)34-14-6-9-25(34)28(36)33-18-21-10-11-23-22(16-21)12-13-31-27(23)30/h10-13,16,20,24-25,32H,2-9,14-15,17-19H2,1H3,(H2,30,31)(H,33,36)/t24-,25+/m1/s1. The van der Waals surface area contributed by atoms with Gasteiger partial charge in [-0.25, -0.2) is 4.98 Å². The number of nitrogens with one attached hydrogen (secondary N) is 2. The van der Waals surface area contributed by atoms with Crippen LogP contribution in [0.3, 0.4) is 0 Å². The molecule has 206 valence electrons. The van der Waals surface area contributed by atoms with E-state index in [1.54, 1.807) is 11.1 Å². The molecule has 1 saturated carbocycles. The summed E-state index contributed by atoms with van der Waals surface area (Å²) in [5.41, 5.74) is 6.90. The second-order valence-electron chi connectivity index (χ2n) is 10.6. The molecule has 2 aromatic rings. The van der Waals surface area contributed by atoms with E-state index in [4.69, 9.17) is 10.5 Å². The van der Waals surface area contributed by atoms with E-state index in [1.165, 1.54) is 19.3 Å². The number of aromatic nitrogens is 1. The van der Waals surface area contributed by atoms with Crippen molar-refractivity contribution in [3.05, 3.63) is 36.0 Å². The number of rotatable bonds is 11. The van der Waals surface area contributed by atoms with Crippen LogP contribution in [0.4, 0.5) is 5.82 Å². The molecule has 0 spiro atoms. The molecule has 9 heteroatoms. The number of nitrogens with two attached hydrogens (primary N) is 1. The van der Waals surface area contributed by atoms with Crippen molar-refractivity contribution in [2.75, 3.05) is 25.4 Å². The van der Waals surface area contributed by atoms with Crippen LogP contribution in [0.2, 0.25) is 0 Å². The molecule has 38 heavy (non-hydrogen) atoms. The van der Waals surface area contributed by atoms with Crippen molar-refractivity contribution in [2.45, 2.75) is 83.3 Å². The maximum Gasteiger partial charge on any atom is 0.319 e. The Balaban J connectivity index is 1.39. The van der Waals surface area contributed by atoms with Gasteiger partial charge in [0.15, 0.2) is 0 Å². The average molecular weight is 524 g/mol. The normalized spacial score (nSPS) is 18.9. The molecule has 4 N–H and O–H groups in total. The maximum atomic E-state index is 13.7. The monoisotopic (exact) mass is 523 g/mol. The van der Waals surface area contributed by atoms with Crippen molar-refractivity contribution >= 4 is 34.4 Å². The Hall–Kier alpha value is -3.20. The lowest BCUT2D eigenvalue weighted by Gasteiger charge is -2.31. The molecule has 2 heterocycles. The van der Waals surface area contributed by atoms with Gasteiger partial charge in [-0.2, -0.15) is 0 Å². The van der Waals surface area contributed by atoms with Gasteiger partial charge >= 0.3 is 5.97 Å². The Morgan fingerprint density at radius 2 is 1.95 bits per heavy atom. The zero-order chi connectivity index (χ0) is 26.9. The number of nitrogen functional groups attached to an aromatic ring is 1. The fourth-order valence-electron chi connectivity index (χ4n) is 5.67. The lowest BCUT2D eigenvalue weighted by molar-refractivity contribution is -0.144. The van der Waals surface area contributed by atoms with Crippen molar-refractivity contribution in [3.63, 3.8) is 0 Å². The zero-order valence-electron chi connectivity index (χ0n) is 22.4. The van der Waals surface area contributed by atoms with E-state index < -0.39 is 12.1 Å². The first-order valence-electron chi connectivity index (χ1n) is 14.1. The molecule has 0 radical (unpaired) electrons. The van der Waals surface area contributed by atoms with E-state index in [9.17, 15) is 14.4 Å². The summed E-state index contributed by atoms with van der Waals surface area (Å²) in [4.78, 5) is 44.9. The first-order valence-corrected chi connectivity index (χ1v) is 14.1. The Bertz CT molecular complexity index is 1120. The first-order chi connectivity index (χ1) is 18.5. The summed E-state index contributed by atoms with van der Waals surface area (Å²) in [5, 5.41) is 8.05. The van der Waals surface area contributed by atoms with E-state index >= 15 is 0 Å². The molecule has 9 nitrogen and oxygen atoms in total. The first kappa shape index (κ1) is 27.8. The lowest BCUT2D eigenvalue weighted by Crippen LogP contribution is -2.53. The smallest absolute Gasteiger partial charge is 0.319 e. The van der Waals surface area contributed by atoms with E-state index in [2.05, 4.69) is 15.6 Å². The van der Waals surface area contributed by atoms with Gasteiger partial charge in [0.1, 0.15) is 11.9 Å². The second-order valence-corrected chi connectivity index (χ2v) is 10.6. The van der Waals surface area contributed by atoms with Crippen LogP contribution in [0.15, 0.2) is 30.5 Å². The van der Waals surface area contributed by atoms with Gasteiger partial charge in [0.25, 0.3) is 0 Å². The maximum absolute atomic E-state index is 13.7. The minimum absolute atomic E-state index is 0.00414. The van der Waals surface area contributed by atoms with Crippen LogP contribution >= 0.6 is 0 Å². The van der Waals surface area contributed by atoms with Gasteiger partial charge in [-0.05, 0) is 54.7 Å². The number of hydrogen-bond donors (Lipinski definition) is 3. The van der Waals surface area contributed by atoms with E-state index in [0.717, 1.165) is 42.0 Å². The molecule has 0 bridgehead atoms. The Labute approximate surface area is 224 Å². The quantitative estimate of drug-likeness (QED) is 0.386. The number of fused-ring (bicyclic) bond motifs is 1. The summed E-state index contributed by atoms with van der Waals surface area (Å²) in [5.74, 6) is 0.336. The Kier molecular flexibility index (Phi) is 9.92. The third-order valence-electron chi connectivity index (χ3n) is 7.72. The number of pyridine rings is 1. The SMILES string of the molecule is CCCOC(=O)CN[C@H](CC1CCCCC1)C(=O)N1CCC[C@H]1C(=O)NCc1ccc2c(N)nccc2c1. The third kappa shape index (κ3) is 7.22. The summed E-state index contributed by atoms with van der Waals surface area (Å²) in [6, 6.07) is 6.72. The van der Waals surface area contributed by atoms with E-state index in [-0.39, 0.29) is 24.3 Å².